The second-order valence-corrected chi connectivity index (χ2v) is 7.23. The van der Waals surface area contributed by atoms with Crippen LogP contribution in [0.15, 0.2) is 66.0 Å². The number of esters is 1. The van der Waals surface area contributed by atoms with E-state index in [0.29, 0.717) is 12.3 Å². The number of rotatable bonds is 7. The van der Waals surface area contributed by atoms with Crippen molar-refractivity contribution in [1.82, 2.24) is 0 Å². The molecule has 140 valence electrons. The van der Waals surface area contributed by atoms with Gasteiger partial charge < -0.3 is 15.2 Å². The number of carbonyl (C=O) groups excluding carboxylic acids is 1. The average Bonchev–Trinajstić information content (AvgIpc) is 3.22. The molecule has 2 N–H and O–H groups in total. The molecular weight excluding hydrogens is 358 g/mol. The Bertz CT molecular complexity index is 875. The fourth-order valence-corrected chi connectivity index (χ4v) is 3.70. The minimum atomic E-state index is -0.419. The molecule has 0 radical (unpaired) electrons. The SMILES string of the molecule is CCOC(=O)[C@H](C)C(Nc1ccccc1O)c1ccc(-c2cccs2)cc1. The number of ether oxygens (including phenoxy) is 1. The largest absolute Gasteiger partial charge is 0.506 e. The first-order chi connectivity index (χ1) is 13.1. The van der Waals surface area contributed by atoms with Crippen molar-refractivity contribution in [3.8, 4) is 16.2 Å². The standard InChI is InChI=1S/C22H23NO3S/c1-3-26-22(25)15(2)21(23-18-7-4-5-8-19(18)24)17-12-10-16(11-13-17)20-9-6-14-27-20/h4-15,21,23-24H,3H2,1-2H3/t15-,21?/m1/s1. The molecule has 0 saturated carbocycles. The fourth-order valence-electron chi connectivity index (χ4n) is 2.97. The van der Waals surface area contributed by atoms with E-state index in [2.05, 4.69) is 28.9 Å². The summed E-state index contributed by atoms with van der Waals surface area (Å²) in [6.07, 6.45) is 0. The lowest BCUT2D eigenvalue weighted by Gasteiger charge is -2.26. The predicted molar refractivity (Wildman–Crippen MR) is 110 cm³/mol. The van der Waals surface area contributed by atoms with Crippen LogP contribution < -0.4 is 5.32 Å². The number of para-hydroxylation sites is 2. The monoisotopic (exact) mass is 381 g/mol. The van der Waals surface area contributed by atoms with Crippen LogP contribution in [-0.2, 0) is 9.53 Å². The molecule has 0 spiro atoms. The van der Waals surface area contributed by atoms with Crippen LogP contribution in [0, 0.1) is 5.92 Å². The fraction of sp³-hybridized carbons (Fsp3) is 0.227. The van der Waals surface area contributed by atoms with Crippen molar-refractivity contribution in [3.63, 3.8) is 0 Å². The van der Waals surface area contributed by atoms with Gasteiger partial charge in [0.1, 0.15) is 5.75 Å². The summed E-state index contributed by atoms with van der Waals surface area (Å²) in [4.78, 5) is 13.6. The first-order valence-electron chi connectivity index (χ1n) is 8.95. The van der Waals surface area contributed by atoms with E-state index in [4.69, 9.17) is 4.74 Å². The molecule has 2 atom stereocenters. The van der Waals surface area contributed by atoms with Crippen molar-refractivity contribution in [2.24, 2.45) is 5.92 Å². The van der Waals surface area contributed by atoms with Gasteiger partial charge in [-0.25, -0.2) is 0 Å². The number of phenolic OH excluding ortho intramolecular Hbond substituents is 1. The number of hydrogen-bond donors (Lipinski definition) is 2. The van der Waals surface area contributed by atoms with E-state index in [1.807, 2.05) is 31.2 Å². The lowest BCUT2D eigenvalue weighted by Crippen LogP contribution is -2.27. The van der Waals surface area contributed by atoms with Crippen LogP contribution in [0.4, 0.5) is 5.69 Å². The summed E-state index contributed by atoms with van der Waals surface area (Å²) in [5.74, 6) is -0.543. The molecule has 5 heteroatoms. The molecule has 1 heterocycles. The van der Waals surface area contributed by atoms with Crippen molar-refractivity contribution in [2.75, 3.05) is 11.9 Å². The smallest absolute Gasteiger partial charge is 0.311 e. The number of carbonyl (C=O) groups is 1. The topological polar surface area (TPSA) is 58.6 Å². The van der Waals surface area contributed by atoms with Gasteiger partial charge >= 0.3 is 5.97 Å². The third kappa shape index (κ3) is 4.49. The Morgan fingerprint density at radius 3 is 2.48 bits per heavy atom. The molecule has 0 saturated heterocycles. The maximum atomic E-state index is 12.4. The second kappa shape index (κ2) is 8.73. The van der Waals surface area contributed by atoms with Gasteiger partial charge in [0.2, 0.25) is 0 Å². The van der Waals surface area contributed by atoms with Crippen molar-refractivity contribution in [2.45, 2.75) is 19.9 Å². The third-order valence-corrected chi connectivity index (χ3v) is 5.37. The van der Waals surface area contributed by atoms with Crippen molar-refractivity contribution >= 4 is 23.0 Å². The molecule has 3 rings (SSSR count). The van der Waals surface area contributed by atoms with E-state index in [1.165, 1.54) is 4.88 Å². The van der Waals surface area contributed by atoms with E-state index < -0.39 is 5.92 Å². The van der Waals surface area contributed by atoms with Crippen molar-refractivity contribution in [3.05, 3.63) is 71.6 Å². The summed E-state index contributed by atoms with van der Waals surface area (Å²) in [5, 5.41) is 15.5. The normalized spacial score (nSPS) is 13.0. The third-order valence-electron chi connectivity index (χ3n) is 4.45. The highest BCUT2D eigenvalue weighted by atomic mass is 32.1. The van der Waals surface area contributed by atoms with Crippen LogP contribution in [0.25, 0.3) is 10.4 Å². The summed E-state index contributed by atoms with van der Waals surface area (Å²) >= 11 is 1.69. The number of benzene rings is 2. The maximum absolute atomic E-state index is 12.4. The van der Waals surface area contributed by atoms with E-state index in [1.54, 1.807) is 36.5 Å². The number of anilines is 1. The van der Waals surface area contributed by atoms with Crippen LogP contribution >= 0.6 is 11.3 Å². The van der Waals surface area contributed by atoms with Gasteiger partial charge in [-0.3, -0.25) is 4.79 Å². The Morgan fingerprint density at radius 1 is 1.11 bits per heavy atom. The molecule has 0 fully saturated rings. The zero-order chi connectivity index (χ0) is 19.2. The van der Waals surface area contributed by atoms with Gasteiger partial charge in [-0.15, -0.1) is 11.3 Å². The van der Waals surface area contributed by atoms with Crippen LogP contribution in [0.2, 0.25) is 0 Å². The number of aromatic hydroxyl groups is 1. The lowest BCUT2D eigenvalue weighted by atomic mass is 9.93. The summed E-state index contributed by atoms with van der Waals surface area (Å²) in [6.45, 7) is 3.97. The van der Waals surface area contributed by atoms with Gasteiger partial charge in [-0.05, 0) is 48.6 Å². The Kier molecular flexibility index (Phi) is 6.14. The highest BCUT2D eigenvalue weighted by molar-refractivity contribution is 7.13. The zero-order valence-electron chi connectivity index (χ0n) is 15.4. The molecule has 2 aromatic carbocycles. The van der Waals surface area contributed by atoms with Gasteiger partial charge in [-0.2, -0.15) is 0 Å². The van der Waals surface area contributed by atoms with Gasteiger partial charge in [-0.1, -0.05) is 42.5 Å². The molecule has 1 unspecified atom stereocenters. The molecular formula is C22H23NO3S. The molecule has 1 aromatic heterocycles. The Labute approximate surface area is 163 Å². The summed E-state index contributed by atoms with van der Waals surface area (Å²) < 4.78 is 5.22. The minimum absolute atomic E-state index is 0.147. The molecule has 0 amide bonds. The quantitative estimate of drug-likeness (QED) is 0.421. The van der Waals surface area contributed by atoms with Gasteiger partial charge in [0.15, 0.2) is 0 Å². The van der Waals surface area contributed by atoms with E-state index in [0.717, 1.165) is 11.1 Å². The minimum Gasteiger partial charge on any atom is -0.506 e. The van der Waals surface area contributed by atoms with Crippen LogP contribution in [-0.4, -0.2) is 17.7 Å². The first-order valence-corrected chi connectivity index (χ1v) is 9.83. The average molecular weight is 381 g/mol. The molecule has 27 heavy (non-hydrogen) atoms. The molecule has 0 aliphatic heterocycles. The summed E-state index contributed by atoms with van der Waals surface area (Å²) in [6, 6.07) is 18.9. The van der Waals surface area contributed by atoms with Crippen molar-refractivity contribution in [1.29, 1.82) is 0 Å². The molecule has 0 bridgehead atoms. The van der Waals surface area contributed by atoms with E-state index in [9.17, 15) is 9.90 Å². The molecule has 0 aliphatic carbocycles. The number of nitrogens with one attached hydrogen (secondary N) is 1. The zero-order valence-corrected chi connectivity index (χ0v) is 16.2. The highest BCUT2D eigenvalue weighted by Gasteiger charge is 2.27. The maximum Gasteiger partial charge on any atom is 0.311 e. The first kappa shape index (κ1) is 19.0. The molecule has 0 aliphatic rings. The van der Waals surface area contributed by atoms with Gasteiger partial charge in [0.25, 0.3) is 0 Å². The van der Waals surface area contributed by atoms with Crippen LogP contribution in [0.3, 0.4) is 0 Å². The Hall–Kier alpha value is -2.79. The predicted octanol–water partition coefficient (Wildman–Crippen LogP) is 5.47. The highest BCUT2D eigenvalue weighted by Crippen LogP contribution is 2.33. The van der Waals surface area contributed by atoms with Gasteiger partial charge in [0.05, 0.1) is 24.3 Å². The van der Waals surface area contributed by atoms with E-state index in [-0.39, 0.29) is 17.8 Å². The Balaban J connectivity index is 1.91. The summed E-state index contributed by atoms with van der Waals surface area (Å²) in [7, 11) is 0. The van der Waals surface area contributed by atoms with Crippen LogP contribution in [0.1, 0.15) is 25.5 Å². The number of hydrogen-bond acceptors (Lipinski definition) is 5. The summed E-state index contributed by atoms with van der Waals surface area (Å²) in [5.41, 5.74) is 2.68. The second-order valence-electron chi connectivity index (χ2n) is 6.28. The number of thiophene rings is 1. The van der Waals surface area contributed by atoms with Crippen LogP contribution in [0.5, 0.6) is 5.75 Å². The van der Waals surface area contributed by atoms with E-state index >= 15 is 0 Å². The Morgan fingerprint density at radius 2 is 1.85 bits per heavy atom. The number of phenols is 1. The van der Waals surface area contributed by atoms with Crippen molar-refractivity contribution < 1.29 is 14.6 Å². The molecule has 3 aromatic rings. The lowest BCUT2D eigenvalue weighted by molar-refractivity contribution is -0.147. The van der Waals surface area contributed by atoms with Gasteiger partial charge in [0, 0.05) is 4.88 Å². The molecule has 4 nitrogen and oxygen atoms in total.